The number of alkyl halides is 10. The van der Waals surface area contributed by atoms with Gasteiger partial charge in [-0.05, 0) is 15.9 Å². The van der Waals surface area contributed by atoms with Crippen LogP contribution in [0.3, 0.4) is 0 Å². The van der Waals surface area contributed by atoms with Gasteiger partial charge in [-0.25, -0.2) is 0 Å². The molecule has 0 aromatic heterocycles. The highest BCUT2D eigenvalue weighted by atomic mass is 79.9. The van der Waals surface area contributed by atoms with Gasteiger partial charge < -0.3 is 0 Å². The predicted molar refractivity (Wildman–Crippen MR) is 42.3 cm³/mol. The van der Waals surface area contributed by atoms with Gasteiger partial charge in [0.25, 0.3) is 0 Å². The first-order chi connectivity index (χ1) is 6.21. The molecular formula is C5H2Br2F8. The monoisotopic (exact) mass is 372 g/mol. The molecule has 0 heterocycles. The second-order valence-corrected chi connectivity index (χ2v) is 5.10. The first-order valence-corrected chi connectivity index (χ1v) is 4.68. The molecule has 0 amide bonds. The predicted octanol–water partition coefficient (Wildman–Crippen LogP) is 4.62. The number of rotatable bonds is 2. The van der Waals surface area contributed by atoms with Gasteiger partial charge in [-0.3, -0.25) is 0 Å². The van der Waals surface area contributed by atoms with Crippen LogP contribution in [0.5, 0.6) is 0 Å². The molecule has 0 radical (unpaired) electrons. The Morgan fingerprint density at radius 3 is 1.00 bits per heavy atom. The molecule has 0 fully saturated rings. The van der Waals surface area contributed by atoms with Crippen LogP contribution in [0.15, 0.2) is 0 Å². The lowest BCUT2D eigenvalue weighted by molar-refractivity contribution is -0.270. The van der Waals surface area contributed by atoms with Crippen LogP contribution in [0, 0.1) is 0 Å². The van der Waals surface area contributed by atoms with E-state index in [0.717, 1.165) is 0 Å². The lowest BCUT2D eigenvalue weighted by Crippen LogP contribution is -2.53. The highest BCUT2D eigenvalue weighted by Gasteiger charge is 2.71. The van der Waals surface area contributed by atoms with E-state index < -0.39 is 27.9 Å². The van der Waals surface area contributed by atoms with Crippen LogP contribution in [0.4, 0.5) is 35.1 Å². The third-order valence-electron chi connectivity index (χ3n) is 1.34. The molecule has 0 nitrogen and oxygen atoms in total. The summed E-state index contributed by atoms with van der Waals surface area (Å²) in [6.07, 6.45) is -14.2. The zero-order chi connectivity index (χ0) is 12.7. The minimum absolute atomic E-state index is 1.30. The Bertz CT molecular complexity index is 209. The summed E-state index contributed by atoms with van der Waals surface area (Å²) < 4.78 is 91.8. The van der Waals surface area contributed by atoms with Gasteiger partial charge in [-0.1, -0.05) is 15.9 Å². The highest BCUT2D eigenvalue weighted by Crippen LogP contribution is 2.55. The van der Waals surface area contributed by atoms with Gasteiger partial charge in [0.2, 0.25) is 4.32 Å². The second-order valence-electron chi connectivity index (χ2n) is 2.59. The molecule has 0 N–H and O–H groups in total. The minimum atomic E-state index is -5.87. The molecule has 0 saturated heterocycles. The molecule has 0 saturated carbocycles. The fourth-order valence-corrected chi connectivity index (χ4v) is 1.79. The van der Waals surface area contributed by atoms with Gasteiger partial charge in [-0.2, -0.15) is 35.1 Å². The first kappa shape index (κ1) is 15.4. The summed E-state index contributed by atoms with van der Waals surface area (Å²) >= 11 is 2.74. The van der Waals surface area contributed by atoms with Gasteiger partial charge >= 0.3 is 17.2 Å². The maximum Gasteiger partial charge on any atom is 0.413 e. The highest BCUT2D eigenvalue weighted by molar-refractivity contribution is 9.10. The fourth-order valence-electron chi connectivity index (χ4n) is 0.637. The normalized spacial score (nSPS) is 15.6. The van der Waals surface area contributed by atoms with Crippen molar-refractivity contribution in [2.75, 3.05) is 0 Å². The molecule has 0 unspecified atom stereocenters. The molecule has 0 atom stereocenters. The summed E-state index contributed by atoms with van der Waals surface area (Å²) in [5.74, 6) is 0. The van der Waals surface area contributed by atoms with E-state index in [2.05, 4.69) is 0 Å². The van der Waals surface area contributed by atoms with Crippen LogP contribution in [0.1, 0.15) is 6.42 Å². The van der Waals surface area contributed by atoms with E-state index in [1.165, 1.54) is 31.9 Å². The largest absolute Gasteiger partial charge is 0.413 e. The molecule has 92 valence electrons. The Morgan fingerprint density at radius 1 is 0.667 bits per heavy atom. The van der Waals surface area contributed by atoms with Crippen molar-refractivity contribution in [3.63, 3.8) is 0 Å². The molecule has 0 aromatic rings. The van der Waals surface area contributed by atoms with E-state index in [1.54, 1.807) is 0 Å². The van der Waals surface area contributed by atoms with Gasteiger partial charge in [-0.15, -0.1) is 0 Å². The van der Waals surface area contributed by atoms with Crippen molar-refractivity contribution in [3.05, 3.63) is 0 Å². The van der Waals surface area contributed by atoms with Gasteiger partial charge in [0.1, 0.15) is 0 Å². The summed E-state index contributed by atoms with van der Waals surface area (Å²) in [5, 5.41) is 0. The van der Waals surface area contributed by atoms with Crippen LogP contribution >= 0.6 is 31.9 Å². The number of halogens is 10. The standard InChI is InChI=1S/C5H2Br2F8/c6-2(4(10,11)12,5(13,14)15)1-3(7,8)9/h1H2. The van der Waals surface area contributed by atoms with Crippen LogP contribution in [-0.4, -0.2) is 21.5 Å². The Labute approximate surface area is 95.3 Å². The van der Waals surface area contributed by atoms with Crippen molar-refractivity contribution in [2.24, 2.45) is 0 Å². The fraction of sp³-hybridized carbons (Fsp3) is 1.00. The summed E-state index contributed by atoms with van der Waals surface area (Å²) in [7, 11) is 0. The van der Waals surface area contributed by atoms with E-state index in [4.69, 9.17) is 0 Å². The molecule has 0 aliphatic rings. The minimum Gasteiger partial charge on any atom is -0.194 e. The lowest BCUT2D eigenvalue weighted by Gasteiger charge is -2.33. The molecule has 0 aliphatic heterocycles. The lowest BCUT2D eigenvalue weighted by atomic mass is 10.0. The van der Waals surface area contributed by atoms with Crippen LogP contribution < -0.4 is 0 Å². The summed E-state index contributed by atoms with van der Waals surface area (Å²) in [6, 6.07) is 0. The van der Waals surface area contributed by atoms with E-state index >= 15 is 0 Å². The molecule has 0 rings (SSSR count). The topological polar surface area (TPSA) is 0 Å². The van der Waals surface area contributed by atoms with Crippen LogP contribution in [0.2, 0.25) is 0 Å². The molecule has 0 aromatic carbocycles. The SMILES string of the molecule is FC(F)(Br)CC(Br)(C(F)(F)F)C(F)(F)F. The summed E-state index contributed by atoms with van der Waals surface area (Å²) in [4.78, 5) is -4.28. The van der Waals surface area contributed by atoms with Gasteiger partial charge in [0.15, 0.2) is 0 Å². The van der Waals surface area contributed by atoms with E-state index in [9.17, 15) is 35.1 Å². The second kappa shape index (κ2) is 4.01. The molecule has 0 bridgehead atoms. The van der Waals surface area contributed by atoms with Gasteiger partial charge in [0, 0.05) is 0 Å². The van der Waals surface area contributed by atoms with Crippen molar-refractivity contribution >= 4 is 31.9 Å². The smallest absolute Gasteiger partial charge is 0.194 e. The average Bonchev–Trinajstić information content (AvgIpc) is 1.77. The Kier molecular flexibility index (Phi) is 4.11. The maximum absolute atomic E-state index is 12.2. The average molecular weight is 374 g/mol. The van der Waals surface area contributed by atoms with Crippen LogP contribution in [-0.2, 0) is 0 Å². The number of hydrogen-bond acceptors (Lipinski definition) is 0. The van der Waals surface area contributed by atoms with Crippen molar-refractivity contribution in [1.29, 1.82) is 0 Å². The Balaban J connectivity index is 5.26. The van der Waals surface area contributed by atoms with Crippen molar-refractivity contribution in [3.8, 4) is 0 Å². The zero-order valence-corrected chi connectivity index (χ0v) is 9.66. The maximum atomic E-state index is 12.2. The van der Waals surface area contributed by atoms with Crippen LogP contribution in [0.25, 0.3) is 0 Å². The third-order valence-corrected chi connectivity index (χ3v) is 2.80. The zero-order valence-electron chi connectivity index (χ0n) is 6.49. The van der Waals surface area contributed by atoms with E-state index in [1.807, 2.05) is 0 Å². The Morgan fingerprint density at radius 2 is 0.933 bits per heavy atom. The first-order valence-electron chi connectivity index (χ1n) is 3.10. The number of hydrogen-bond donors (Lipinski definition) is 0. The molecule has 10 heteroatoms. The van der Waals surface area contributed by atoms with Gasteiger partial charge in [0.05, 0.1) is 6.42 Å². The quantitative estimate of drug-likeness (QED) is 0.489. The van der Waals surface area contributed by atoms with Crippen molar-refractivity contribution < 1.29 is 35.1 Å². The molecule has 0 spiro atoms. The van der Waals surface area contributed by atoms with Crippen molar-refractivity contribution in [1.82, 2.24) is 0 Å². The van der Waals surface area contributed by atoms with Crippen molar-refractivity contribution in [2.45, 2.75) is 27.9 Å². The third kappa shape index (κ3) is 3.72. The summed E-state index contributed by atoms with van der Waals surface area (Å²) in [6.45, 7) is 0. The molecule has 0 aliphatic carbocycles. The van der Waals surface area contributed by atoms with E-state index in [0.29, 0.717) is 0 Å². The summed E-state index contributed by atoms with van der Waals surface area (Å²) in [5.41, 5.74) is 0. The van der Waals surface area contributed by atoms with E-state index in [-0.39, 0.29) is 0 Å². The molecule has 15 heavy (non-hydrogen) atoms. The Hall–Kier alpha value is 0.400. The molecular weight excluding hydrogens is 372 g/mol.